The quantitative estimate of drug-likeness (QED) is 0.746. The molecule has 3 heteroatoms. The largest absolute Gasteiger partial charge is 0.329 e. The molecule has 0 saturated heterocycles. The molecule has 0 fully saturated rings. The molecule has 1 aliphatic heterocycles. The van der Waals surface area contributed by atoms with Crippen molar-refractivity contribution in [3.63, 3.8) is 0 Å². The Hall–Kier alpha value is -2.07. The predicted molar refractivity (Wildman–Crippen MR) is 106 cm³/mol. The van der Waals surface area contributed by atoms with E-state index in [1.165, 1.54) is 27.1 Å². The van der Waals surface area contributed by atoms with Crippen molar-refractivity contribution in [3.05, 3.63) is 101 Å². The number of thioether (sulfide) groups is 1. The third kappa shape index (κ3) is 2.78. The molecule has 1 atom stereocenters. The van der Waals surface area contributed by atoms with Crippen LogP contribution in [0, 0.1) is 0 Å². The Labute approximate surface area is 153 Å². The van der Waals surface area contributed by atoms with Gasteiger partial charge in [0.05, 0.1) is 5.54 Å². The Bertz CT molecular complexity index is 813. The van der Waals surface area contributed by atoms with Crippen LogP contribution in [0.5, 0.6) is 0 Å². The van der Waals surface area contributed by atoms with E-state index in [0.717, 1.165) is 12.3 Å². The molecule has 0 bridgehead atoms. The van der Waals surface area contributed by atoms with Gasteiger partial charge in [-0.3, -0.25) is 5.32 Å². The molecule has 3 aromatic rings. The van der Waals surface area contributed by atoms with E-state index in [2.05, 4.69) is 84.2 Å². The molecule has 4 rings (SSSR count). The van der Waals surface area contributed by atoms with Gasteiger partial charge in [-0.2, -0.15) is 0 Å². The fourth-order valence-corrected chi connectivity index (χ4v) is 4.88. The van der Waals surface area contributed by atoms with Crippen molar-refractivity contribution in [2.75, 3.05) is 13.1 Å². The molecule has 0 unspecified atom stereocenters. The van der Waals surface area contributed by atoms with Crippen LogP contribution >= 0.6 is 11.8 Å². The van der Waals surface area contributed by atoms with Gasteiger partial charge in [0.25, 0.3) is 0 Å². The first-order valence-corrected chi connectivity index (χ1v) is 9.66. The third-order valence-electron chi connectivity index (χ3n) is 4.84. The standard InChI is InChI=1S/C22H22N2S/c23-14-15-24-22(18-9-2-1-3-10-18)19-11-5-4-8-17(19)16-25-21-13-7-6-12-20(21)22/h1-13,24H,14-16,23H2/t22-/m0/s1. The summed E-state index contributed by atoms with van der Waals surface area (Å²) in [5.41, 5.74) is 10.8. The van der Waals surface area contributed by atoms with Crippen molar-refractivity contribution in [2.45, 2.75) is 16.2 Å². The first-order chi connectivity index (χ1) is 12.4. The lowest BCUT2D eigenvalue weighted by molar-refractivity contribution is 0.471. The molecule has 0 amide bonds. The number of hydrogen-bond donors (Lipinski definition) is 2. The van der Waals surface area contributed by atoms with Crippen LogP contribution in [0.15, 0.2) is 83.8 Å². The molecule has 0 saturated carbocycles. The van der Waals surface area contributed by atoms with Gasteiger partial charge < -0.3 is 5.73 Å². The van der Waals surface area contributed by atoms with Crippen LogP contribution in [0.25, 0.3) is 0 Å². The van der Waals surface area contributed by atoms with E-state index < -0.39 is 0 Å². The number of benzene rings is 3. The third-order valence-corrected chi connectivity index (χ3v) is 5.96. The lowest BCUT2D eigenvalue weighted by Gasteiger charge is -2.38. The van der Waals surface area contributed by atoms with E-state index in [4.69, 9.17) is 5.73 Å². The molecule has 0 radical (unpaired) electrons. The maximum absolute atomic E-state index is 5.89. The number of rotatable bonds is 4. The zero-order chi connectivity index (χ0) is 17.1. The number of fused-ring (bicyclic) bond motifs is 2. The Morgan fingerprint density at radius 3 is 2.32 bits per heavy atom. The summed E-state index contributed by atoms with van der Waals surface area (Å²) in [6, 6.07) is 28.3. The van der Waals surface area contributed by atoms with Crippen LogP contribution in [0.3, 0.4) is 0 Å². The molecule has 0 aromatic heterocycles. The zero-order valence-corrected chi connectivity index (χ0v) is 14.9. The SMILES string of the molecule is NCCN[C@@]1(c2ccccc2)c2ccccc2CSc2ccccc21. The second-order valence-electron chi connectivity index (χ2n) is 6.27. The summed E-state index contributed by atoms with van der Waals surface area (Å²) < 4.78 is 0. The highest BCUT2D eigenvalue weighted by Gasteiger charge is 2.40. The summed E-state index contributed by atoms with van der Waals surface area (Å²) in [4.78, 5) is 1.33. The molecular formula is C22H22N2S. The van der Waals surface area contributed by atoms with Crippen LogP contribution in [0.2, 0.25) is 0 Å². The second-order valence-corrected chi connectivity index (χ2v) is 7.29. The summed E-state index contributed by atoms with van der Waals surface area (Å²) in [6.45, 7) is 1.36. The second kappa shape index (κ2) is 7.04. The first kappa shape index (κ1) is 16.4. The highest BCUT2D eigenvalue weighted by molar-refractivity contribution is 7.98. The summed E-state index contributed by atoms with van der Waals surface area (Å²) in [5, 5.41) is 3.82. The molecule has 1 aliphatic rings. The predicted octanol–water partition coefficient (Wildman–Crippen LogP) is 4.13. The number of nitrogens with one attached hydrogen (secondary N) is 1. The normalized spacial score (nSPS) is 18.9. The first-order valence-electron chi connectivity index (χ1n) is 8.67. The summed E-state index contributed by atoms with van der Waals surface area (Å²) in [5.74, 6) is 0.978. The van der Waals surface area contributed by atoms with Gasteiger partial charge in [0.2, 0.25) is 0 Å². The summed E-state index contributed by atoms with van der Waals surface area (Å²) >= 11 is 1.91. The smallest absolute Gasteiger partial charge is 0.0962 e. The number of nitrogens with two attached hydrogens (primary N) is 1. The Balaban J connectivity index is 2.07. The van der Waals surface area contributed by atoms with Crippen molar-refractivity contribution in [3.8, 4) is 0 Å². The molecule has 1 heterocycles. The van der Waals surface area contributed by atoms with Gasteiger partial charge in [-0.1, -0.05) is 72.8 Å². The average molecular weight is 346 g/mol. The lowest BCUT2D eigenvalue weighted by Crippen LogP contribution is -2.47. The van der Waals surface area contributed by atoms with Crippen molar-refractivity contribution in [2.24, 2.45) is 5.73 Å². The van der Waals surface area contributed by atoms with E-state index in [-0.39, 0.29) is 5.54 Å². The van der Waals surface area contributed by atoms with E-state index in [0.29, 0.717) is 6.54 Å². The maximum atomic E-state index is 5.89. The fraction of sp³-hybridized carbons (Fsp3) is 0.182. The molecule has 0 spiro atoms. The van der Waals surface area contributed by atoms with E-state index in [1.807, 2.05) is 11.8 Å². The molecule has 25 heavy (non-hydrogen) atoms. The van der Waals surface area contributed by atoms with Crippen molar-refractivity contribution in [1.29, 1.82) is 0 Å². The minimum absolute atomic E-state index is 0.378. The summed E-state index contributed by atoms with van der Waals surface area (Å²) in [7, 11) is 0. The average Bonchev–Trinajstić information content (AvgIpc) is 2.83. The molecule has 126 valence electrons. The Kier molecular flexibility index (Phi) is 4.62. The van der Waals surface area contributed by atoms with Gasteiger partial charge >= 0.3 is 0 Å². The van der Waals surface area contributed by atoms with E-state index in [1.54, 1.807) is 0 Å². The monoisotopic (exact) mass is 346 g/mol. The maximum Gasteiger partial charge on any atom is 0.0962 e. The molecular weight excluding hydrogens is 324 g/mol. The molecule has 2 nitrogen and oxygen atoms in total. The molecule has 3 N–H and O–H groups in total. The molecule has 3 aromatic carbocycles. The van der Waals surface area contributed by atoms with E-state index >= 15 is 0 Å². The van der Waals surface area contributed by atoms with Crippen LogP contribution in [0.1, 0.15) is 22.3 Å². The highest BCUT2D eigenvalue weighted by Crippen LogP contribution is 2.46. The lowest BCUT2D eigenvalue weighted by atomic mass is 9.75. The molecule has 0 aliphatic carbocycles. The minimum atomic E-state index is -0.378. The topological polar surface area (TPSA) is 38.0 Å². The van der Waals surface area contributed by atoms with Gasteiger partial charge in [0.1, 0.15) is 0 Å². The van der Waals surface area contributed by atoms with Crippen molar-refractivity contribution in [1.82, 2.24) is 5.32 Å². The van der Waals surface area contributed by atoms with Crippen molar-refractivity contribution >= 4 is 11.8 Å². The zero-order valence-electron chi connectivity index (χ0n) is 14.1. The fourth-order valence-electron chi connectivity index (χ4n) is 3.77. The van der Waals surface area contributed by atoms with Gasteiger partial charge in [-0.05, 0) is 28.3 Å². The van der Waals surface area contributed by atoms with Gasteiger partial charge in [0, 0.05) is 23.7 Å². The highest BCUT2D eigenvalue weighted by atomic mass is 32.2. The van der Waals surface area contributed by atoms with Gasteiger partial charge in [0.15, 0.2) is 0 Å². The Morgan fingerprint density at radius 1 is 0.840 bits per heavy atom. The van der Waals surface area contributed by atoms with Crippen molar-refractivity contribution < 1.29 is 0 Å². The van der Waals surface area contributed by atoms with Crippen LogP contribution in [0.4, 0.5) is 0 Å². The Morgan fingerprint density at radius 2 is 1.52 bits per heavy atom. The van der Waals surface area contributed by atoms with E-state index in [9.17, 15) is 0 Å². The number of hydrogen-bond acceptors (Lipinski definition) is 3. The van der Waals surface area contributed by atoms with Crippen LogP contribution in [-0.2, 0) is 11.3 Å². The van der Waals surface area contributed by atoms with Gasteiger partial charge in [-0.15, -0.1) is 11.8 Å². The minimum Gasteiger partial charge on any atom is -0.329 e. The van der Waals surface area contributed by atoms with Gasteiger partial charge in [-0.25, -0.2) is 0 Å². The van der Waals surface area contributed by atoms with Crippen LogP contribution in [-0.4, -0.2) is 13.1 Å². The van der Waals surface area contributed by atoms with Crippen LogP contribution < -0.4 is 11.1 Å². The summed E-state index contributed by atoms with van der Waals surface area (Å²) in [6.07, 6.45) is 0.